The van der Waals surface area contributed by atoms with E-state index < -0.39 is 12.2 Å². The van der Waals surface area contributed by atoms with Gasteiger partial charge in [-0.15, -0.1) is 0 Å². The maximum absolute atomic E-state index is 12.4. The number of benzene rings is 1. The van der Waals surface area contributed by atoms with E-state index in [4.69, 9.17) is 9.47 Å². The maximum Gasteiger partial charge on any atom is 0.445 e. The molecule has 0 spiro atoms. The molecule has 16 heavy (non-hydrogen) atoms. The van der Waals surface area contributed by atoms with Gasteiger partial charge in [-0.1, -0.05) is 0 Å². The van der Waals surface area contributed by atoms with Crippen molar-refractivity contribution >= 4 is 0 Å². The molecule has 1 heterocycles. The second-order valence-electron chi connectivity index (χ2n) is 3.50. The van der Waals surface area contributed by atoms with Crippen LogP contribution in [0.15, 0.2) is 18.2 Å². The third kappa shape index (κ3) is 2.06. The fraction of sp³-hybridized carbons (Fsp3) is 0.400. The SMILES string of the molecule is [NH3+][C@@H](c1ccc2c(c1)OCCO2)C(F)(F)F. The van der Waals surface area contributed by atoms with Crippen LogP contribution in [0.3, 0.4) is 0 Å². The summed E-state index contributed by atoms with van der Waals surface area (Å²) in [5.74, 6) is 0.825. The highest BCUT2D eigenvalue weighted by atomic mass is 19.4. The summed E-state index contributed by atoms with van der Waals surface area (Å²) in [6, 6.07) is 2.43. The van der Waals surface area contributed by atoms with Crippen molar-refractivity contribution in [2.75, 3.05) is 13.2 Å². The lowest BCUT2D eigenvalue weighted by molar-refractivity contribution is -0.488. The molecule has 6 heteroatoms. The monoisotopic (exact) mass is 234 g/mol. The normalized spacial score (nSPS) is 17.0. The van der Waals surface area contributed by atoms with Crippen LogP contribution in [-0.4, -0.2) is 19.4 Å². The maximum atomic E-state index is 12.4. The fourth-order valence-electron chi connectivity index (χ4n) is 1.47. The Hall–Kier alpha value is -1.43. The predicted octanol–water partition coefficient (Wildman–Crippen LogP) is 1.30. The molecule has 0 saturated heterocycles. The van der Waals surface area contributed by atoms with Crippen molar-refractivity contribution in [3.63, 3.8) is 0 Å². The first-order valence-electron chi connectivity index (χ1n) is 4.78. The Labute approximate surface area is 89.9 Å². The Kier molecular flexibility index (Phi) is 2.67. The minimum Gasteiger partial charge on any atom is -0.486 e. The van der Waals surface area contributed by atoms with E-state index >= 15 is 0 Å². The Balaban J connectivity index is 2.30. The molecule has 1 aliphatic heterocycles. The number of quaternary nitrogens is 1. The van der Waals surface area contributed by atoms with Crippen molar-refractivity contribution in [2.45, 2.75) is 12.2 Å². The largest absolute Gasteiger partial charge is 0.486 e. The average Bonchev–Trinajstić information content (AvgIpc) is 2.26. The highest BCUT2D eigenvalue weighted by Crippen LogP contribution is 2.35. The van der Waals surface area contributed by atoms with Crippen LogP contribution < -0.4 is 15.2 Å². The van der Waals surface area contributed by atoms with E-state index in [1.807, 2.05) is 0 Å². The Bertz CT molecular complexity index is 392. The van der Waals surface area contributed by atoms with Gasteiger partial charge in [0.05, 0.1) is 0 Å². The first kappa shape index (κ1) is 11.1. The van der Waals surface area contributed by atoms with Gasteiger partial charge in [0.15, 0.2) is 11.5 Å². The van der Waals surface area contributed by atoms with Gasteiger partial charge in [0.1, 0.15) is 13.2 Å². The second-order valence-corrected chi connectivity index (χ2v) is 3.50. The van der Waals surface area contributed by atoms with Gasteiger partial charge in [-0.05, 0) is 18.2 Å². The number of halogens is 3. The van der Waals surface area contributed by atoms with Crippen molar-refractivity contribution in [3.05, 3.63) is 23.8 Å². The molecule has 0 aromatic heterocycles. The Morgan fingerprint density at radius 2 is 1.75 bits per heavy atom. The van der Waals surface area contributed by atoms with Gasteiger partial charge < -0.3 is 15.2 Å². The van der Waals surface area contributed by atoms with Crippen LogP contribution >= 0.6 is 0 Å². The molecule has 0 aliphatic carbocycles. The Morgan fingerprint density at radius 3 is 2.38 bits per heavy atom. The Morgan fingerprint density at radius 1 is 1.12 bits per heavy atom. The third-order valence-corrected chi connectivity index (χ3v) is 2.36. The molecule has 1 aromatic carbocycles. The number of rotatable bonds is 1. The molecule has 1 atom stereocenters. The van der Waals surface area contributed by atoms with Gasteiger partial charge in [-0.2, -0.15) is 13.2 Å². The quantitative estimate of drug-likeness (QED) is 0.796. The van der Waals surface area contributed by atoms with Crippen molar-refractivity contribution in [1.29, 1.82) is 0 Å². The molecule has 0 unspecified atom stereocenters. The summed E-state index contributed by atoms with van der Waals surface area (Å²) in [5.41, 5.74) is 3.19. The highest BCUT2D eigenvalue weighted by Gasteiger charge is 2.42. The van der Waals surface area contributed by atoms with E-state index in [1.54, 1.807) is 0 Å². The molecule has 3 N–H and O–H groups in total. The van der Waals surface area contributed by atoms with Gasteiger partial charge in [-0.3, -0.25) is 0 Å². The zero-order chi connectivity index (χ0) is 11.8. The summed E-state index contributed by atoms with van der Waals surface area (Å²) in [7, 11) is 0. The number of hydrogen-bond acceptors (Lipinski definition) is 2. The van der Waals surface area contributed by atoms with Crippen LogP contribution in [-0.2, 0) is 0 Å². The minimum atomic E-state index is -4.34. The van der Waals surface area contributed by atoms with Crippen LogP contribution in [0.4, 0.5) is 13.2 Å². The fourth-order valence-corrected chi connectivity index (χ4v) is 1.47. The molecular weight excluding hydrogens is 223 g/mol. The van der Waals surface area contributed by atoms with Crippen LogP contribution in [0.2, 0.25) is 0 Å². The summed E-state index contributed by atoms with van der Waals surface area (Å²) >= 11 is 0. The summed E-state index contributed by atoms with van der Waals surface area (Å²) < 4.78 is 47.7. The zero-order valence-electron chi connectivity index (χ0n) is 8.38. The number of hydrogen-bond donors (Lipinski definition) is 1. The zero-order valence-corrected chi connectivity index (χ0v) is 8.38. The van der Waals surface area contributed by atoms with E-state index in [-0.39, 0.29) is 5.56 Å². The molecule has 0 bridgehead atoms. The highest BCUT2D eigenvalue weighted by molar-refractivity contribution is 5.44. The van der Waals surface area contributed by atoms with E-state index in [2.05, 4.69) is 5.73 Å². The number of fused-ring (bicyclic) bond motifs is 1. The van der Waals surface area contributed by atoms with Crippen LogP contribution in [0.25, 0.3) is 0 Å². The van der Waals surface area contributed by atoms with Crippen molar-refractivity contribution in [2.24, 2.45) is 0 Å². The molecule has 1 aromatic rings. The first-order valence-corrected chi connectivity index (χ1v) is 4.78. The van der Waals surface area contributed by atoms with E-state index in [1.165, 1.54) is 18.2 Å². The molecular formula is C10H11F3NO2+. The molecule has 1 aliphatic rings. The van der Waals surface area contributed by atoms with Crippen molar-refractivity contribution in [3.8, 4) is 11.5 Å². The van der Waals surface area contributed by atoms with Gasteiger partial charge in [0, 0.05) is 5.56 Å². The van der Waals surface area contributed by atoms with Gasteiger partial charge in [0.25, 0.3) is 0 Å². The van der Waals surface area contributed by atoms with Gasteiger partial charge in [-0.25, -0.2) is 0 Å². The first-order chi connectivity index (χ1) is 7.48. The van der Waals surface area contributed by atoms with Crippen LogP contribution in [0.1, 0.15) is 11.6 Å². The summed E-state index contributed by atoms with van der Waals surface area (Å²) in [6.45, 7) is 0.768. The summed E-state index contributed by atoms with van der Waals surface area (Å²) in [4.78, 5) is 0. The lowest BCUT2D eigenvalue weighted by Crippen LogP contribution is -2.60. The van der Waals surface area contributed by atoms with Crippen molar-refractivity contribution < 1.29 is 28.4 Å². The van der Waals surface area contributed by atoms with E-state index in [0.29, 0.717) is 24.7 Å². The third-order valence-electron chi connectivity index (χ3n) is 2.36. The molecule has 0 radical (unpaired) electrons. The van der Waals surface area contributed by atoms with Gasteiger partial charge in [0.2, 0.25) is 6.04 Å². The molecule has 0 saturated carbocycles. The number of ether oxygens (including phenoxy) is 2. The van der Waals surface area contributed by atoms with E-state index in [9.17, 15) is 13.2 Å². The average molecular weight is 234 g/mol. The lowest BCUT2D eigenvalue weighted by Gasteiger charge is -2.20. The predicted molar refractivity (Wildman–Crippen MR) is 49.1 cm³/mol. The molecule has 2 rings (SSSR count). The van der Waals surface area contributed by atoms with Crippen LogP contribution in [0, 0.1) is 0 Å². The van der Waals surface area contributed by atoms with Crippen molar-refractivity contribution in [1.82, 2.24) is 0 Å². The topological polar surface area (TPSA) is 46.1 Å². The molecule has 0 fully saturated rings. The van der Waals surface area contributed by atoms with Gasteiger partial charge >= 0.3 is 6.18 Å². The smallest absolute Gasteiger partial charge is 0.445 e. The standard InChI is InChI=1S/C10H10F3NO2/c11-10(12,13)9(14)6-1-2-7-8(5-6)16-4-3-15-7/h1-2,5,9H,3-4,14H2/p+1/t9-/m0/s1. The summed E-state index contributed by atoms with van der Waals surface area (Å²) in [6.07, 6.45) is -4.34. The molecule has 3 nitrogen and oxygen atoms in total. The van der Waals surface area contributed by atoms with E-state index in [0.717, 1.165) is 0 Å². The second kappa shape index (κ2) is 3.86. The molecule has 88 valence electrons. The molecule has 0 amide bonds. The van der Waals surface area contributed by atoms with Crippen LogP contribution in [0.5, 0.6) is 11.5 Å². The lowest BCUT2D eigenvalue weighted by atomic mass is 10.1. The summed E-state index contributed by atoms with van der Waals surface area (Å²) in [5, 5.41) is 0. The number of alkyl halides is 3. The minimum absolute atomic E-state index is 0.0803.